The molecule has 96 valence electrons. The molecule has 1 aliphatic heterocycles. The summed E-state index contributed by atoms with van der Waals surface area (Å²) in [5.74, 6) is 0. The van der Waals surface area contributed by atoms with Gasteiger partial charge in [0.15, 0.2) is 0 Å². The summed E-state index contributed by atoms with van der Waals surface area (Å²) in [5, 5.41) is 9.30. The van der Waals surface area contributed by atoms with Crippen LogP contribution in [-0.2, 0) is 4.74 Å². The van der Waals surface area contributed by atoms with Gasteiger partial charge in [0.25, 0.3) is 0 Å². The van der Waals surface area contributed by atoms with Crippen LogP contribution < -0.4 is 4.90 Å². The molecule has 1 fully saturated rings. The van der Waals surface area contributed by atoms with Crippen LogP contribution >= 0.6 is 0 Å². The first-order valence-corrected chi connectivity index (χ1v) is 6.30. The van der Waals surface area contributed by atoms with E-state index in [1.54, 1.807) is 0 Å². The van der Waals surface area contributed by atoms with Gasteiger partial charge >= 0.3 is 0 Å². The van der Waals surface area contributed by atoms with Gasteiger partial charge in [-0.15, -0.1) is 0 Å². The lowest BCUT2D eigenvalue weighted by Crippen LogP contribution is -2.45. The van der Waals surface area contributed by atoms with Crippen molar-refractivity contribution in [2.45, 2.75) is 39.9 Å². The molecule has 0 saturated carbocycles. The van der Waals surface area contributed by atoms with E-state index in [9.17, 15) is 5.26 Å². The number of nitriles is 1. The summed E-state index contributed by atoms with van der Waals surface area (Å²) < 4.78 is 5.73. The fourth-order valence-electron chi connectivity index (χ4n) is 2.57. The van der Waals surface area contributed by atoms with Gasteiger partial charge in [-0.3, -0.25) is 4.98 Å². The van der Waals surface area contributed by atoms with Crippen LogP contribution in [0.4, 0.5) is 5.69 Å². The lowest BCUT2D eigenvalue weighted by Gasteiger charge is -2.37. The van der Waals surface area contributed by atoms with E-state index in [1.807, 2.05) is 19.9 Å². The molecule has 18 heavy (non-hydrogen) atoms. The molecule has 1 aliphatic rings. The summed E-state index contributed by atoms with van der Waals surface area (Å²) in [6.07, 6.45) is 0.378. The second-order valence-electron chi connectivity index (χ2n) is 5.02. The summed E-state index contributed by atoms with van der Waals surface area (Å²) in [6.45, 7) is 9.63. The zero-order chi connectivity index (χ0) is 13.3. The molecule has 2 rings (SSSR count). The van der Waals surface area contributed by atoms with Gasteiger partial charge in [0.2, 0.25) is 0 Å². The quantitative estimate of drug-likeness (QED) is 0.761. The van der Waals surface area contributed by atoms with E-state index < -0.39 is 0 Å². The van der Waals surface area contributed by atoms with Crippen molar-refractivity contribution in [3.63, 3.8) is 0 Å². The zero-order valence-electron chi connectivity index (χ0n) is 11.4. The second-order valence-corrected chi connectivity index (χ2v) is 5.02. The second kappa shape index (κ2) is 4.95. The summed E-state index contributed by atoms with van der Waals surface area (Å²) in [5.41, 5.74) is 3.43. The Labute approximate surface area is 108 Å². The number of morpholine rings is 1. The molecule has 0 aromatic carbocycles. The monoisotopic (exact) mass is 245 g/mol. The van der Waals surface area contributed by atoms with Gasteiger partial charge in [-0.25, -0.2) is 0 Å². The number of aromatic nitrogens is 1. The van der Waals surface area contributed by atoms with Gasteiger partial charge in [-0.1, -0.05) is 0 Å². The molecule has 1 saturated heterocycles. The maximum atomic E-state index is 9.30. The standard InChI is InChI=1S/C14H19N3O/c1-9-5-14(13(6-15)12(4)16-9)17-7-10(2)18-11(3)8-17/h5,10-11H,7-8H2,1-4H3. The van der Waals surface area contributed by atoms with Crippen molar-refractivity contribution in [3.05, 3.63) is 23.0 Å². The summed E-state index contributed by atoms with van der Waals surface area (Å²) in [6, 6.07) is 4.27. The highest BCUT2D eigenvalue weighted by Crippen LogP contribution is 2.26. The molecular formula is C14H19N3O. The van der Waals surface area contributed by atoms with Crippen molar-refractivity contribution < 1.29 is 4.74 Å². The predicted octanol–water partition coefficient (Wildman–Crippen LogP) is 2.18. The zero-order valence-corrected chi connectivity index (χ0v) is 11.4. The molecule has 0 amide bonds. The Kier molecular flexibility index (Phi) is 3.53. The minimum absolute atomic E-state index is 0.189. The summed E-state index contributed by atoms with van der Waals surface area (Å²) >= 11 is 0. The molecule has 4 nitrogen and oxygen atoms in total. The first-order chi connectivity index (χ1) is 8.51. The minimum atomic E-state index is 0.189. The van der Waals surface area contributed by atoms with Crippen molar-refractivity contribution in [3.8, 4) is 6.07 Å². The lowest BCUT2D eigenvalue weighted by atomic mass is 10.1. The molecule has 0 aliphatic carbocycles. The van der Waals surface area contributed by atoms with Crippen LogP contribution in [0.25, 0.3) is 0 Å². The normalized spacial score (nSPS) is 23.8. The maximum Gasteiger partial charge on any atom is 0.103 e. The lowest BCUT2D eigenvalue weighted by molar-refractivity contribution is -0.00524. The molecule has 2 heterocycles. The van der Waals surface area contributed by atoms with E-state index in [-0.39, 0.29) is 12.2 Å². The van der Waals surface area contributed by atoms with E-state index in [0.29, 0.717) is 5.56 Å². The van der Waals surface area contributed by atoms with Gasteiger partial charge in [0, 0.05) is 18.8 Å². The number of rotatable bonds is 1. The van der Waals surface area contributed by atoms with Crippen LogP contribution in [0.1, 0.15) is 30.8 Å². The minimum Gasteiger partial charge on any atom is -0.372 e. The van der Waals surface area contributed by atoms with E-state index in [4.69, 9.17) is 4.74 Å². The largest absolute Gasteiger partial charge is 0.372 e. The van der Waals surface area contributed by atoms with Gasteiger partial charge in [0.05, 0.1) is 29.2 Å². The Morgan fingerprint density at radius 3 is 2.50 bits per heavy atom. The molecule has 4 heteroatoms. The first-order valence-electron chi connectivity index (χ1n) is 6.30. The van der Waals surface area contributed by atoms with Gasteiger partial charge in [-0.05, 0) is 33.8 Å². The third-order valence-corrected chi connectivity index (χ3v) is 3.18. The first kappa shape index (κ1) is 12.8. The molecule has 0 spiro atoms. The highest BCUT2D eigenvalue weighted by molar-refractivity contribution is 5.62. The van der Waals surface area contributed by atoms with Crippen molar-refractivity contribution in [2.24, 2.45) is 0 Å². The maximum absolute atomic E-state index is 9.30. The Balaban J connectivity index is 2.41. The number of nitrogens with zero attached hydrogens (tertiary/aromatic N) is 3. The van der Waals surface area contributed by atoms with Crippen LogP contribution in [0.15, 0.2) is 6.07 Å². The Hall–Kier alpha value is -1.60. The number of aryl methyl sites for hydroxylation is 2. The topological polar surface area (TPSA) is 49.1 Å². The molecule has 2 atom stereocenters. The van der Waals surface area contributed by atoms with E-state index >= 15 is 0 Å². The molecule has 0 bridgehead atoms. The van der Waals surface area contributed by atoms with Gasteiger partial charge in [0.1, 0.15) is 6.07 Å². The highest BCUT2D eigenvalue weighted by Gasteiger charge is 2.25. The molecule has 2 unspecified atom stereocenters. The Morgan fingerprint density at radius 1 is 1.33 bits per heavy atom. The molecular weight excluding hydrogens is 226 g/mol. The molecule has 1 aromatic rings. The SMILES string of the molecule is Cc1cc(N2CC(C)OC(C)C2)c(C#N)c(C)n1. The highest BCUT2D eigenvalue weighted by atomic mass is 16.5. The molecule has 0 radical (unpaired) electrons. The van der Waals surface area contributed by atoms with Crippen molar-refractivity contribution in [1.29, 1.82) is 5.26 Å². The smallest absolute Gasteiger partial charge is 0.103 e. The van der Waals surface area contributed by atoms with E-state index in [1.165, 1.54) is 0 Å². The fraction of sp³-hybridized carbons (Fsp3) is 0.571. The van der Waals surface area contributed by atoms with Gasteiger partial charge < -0.3 is 9.64 Å². The average molecular weight is 245 g/mol. The fourth-order valence-corrected chi connectivity index (χ4v) is 2.57. The van der Waals surface area contributed by atoms with Crippen molar-refractivity contribution >= 4 is 5.69 Å². The number of hydrogen-bond donors (Lipinski definition) is 0. The van der Waals surface area contributed by atoms with Crippen molar-refractivity contribution in [1.82, 2.24) is 4.98 Å². The third kappa shape index (κ3) is 2.46. The number of pyridine rings is 1. The van der Waals surface area contributed by atoms with Crippen LogP contribution in [0.2, 0.25) is 0 Å². The third-order valence-electron chi connectivity index (χ3n) is 3.18. The number of anilines is 1. The van der Waals surface area contributed by atoms with Crippen LogP contribution in [-0.4, -0.2) is 30.3 Å². The van der Waals surface area contributed by atoms with Crippen LogP contribution in [0, 0.1) is 25.2 Å². The van der Waals surface area contributed by atoms with Crippen LogP contribution in [0.5, 0.6) is 0 Å². The Morgan fingerprint density at radius 2 is 1.94 bits per heavy atom. The van der Waals surface area contributed by atoms with Gasteiger partial charge in [-0.2, -0.15) is 5.26 Å². The number of hydrogen-bond acceptors (Lipinski definition) is 4. The van der Waals surface area contributed by atoms with Crippen LogP contribution in [0.3, 0.4) is 0 Å². The molecule has 1 aromatic heterocycles. The van der Waals surface area contributed by atoms with Crippen molar-refractivity contribution in [2.75, 3.05) is 18.0 Å². The van der Waals surface area contributed by atoms with E-state index in [2.05, 4.69) is 29.8 Å². The number of ether oxygens (including phenoxy) is 1. The summed E-state index contributed by atoms with van der Waals surface area (Å²) in [7, 11) is 0. The summed E-state index contributed by atoms with van der Waals surface area (Å²) in [4.78, 5) is 6.59. The van der Waals surface area contributed by atoms with E-state index in [0.717, 1.165) is 30.2 Å². The predicted molar refractivity (Wildman–Crippen MR) is 70.6 cm³/mol. The average Bonchev–Trinajstić information content (AvgIpc) is 2.26. The molecule has 0 N–H and O–H groups in total. The Bertz CT molecular complexity index is 483.